The van der Waals surface area contributed by atoms with Crippen molar-refractivity contribution in [2.24, 2.45) is 0 Å². The molecule has 15 heavy (non-hydrogen) atoms. The molecule has 1 atom stereocenters. The number of nitrogens with one attached hydrogen (secondary N) is 1. The molecule has 2 aromatic heterocycles. The Hall–Kier alpha value is -1.29. The summed E-state index contributed by atoms with van der Waals surface area (Å²) in [4.78, 5) is 1.40. The molecule has 1 unspecified atom stereocenters. The van der Waals surface area contributed by atoms with Crippen molar-refractivity contribution in [3.8, 4) is 0 Å². The molecule has 0 radical (unpaired) electrons. The van der Waals surface area contributed by atoms with Gasteiger partial charge in [-0.3, -0.25) is 0 Å². The van der Waals surface area contributed by atoms with Gasteiger partial charge in [0, 0.05) is 17.0 Å². The molecule has 0 amide bonds. The first-order chi connectivity index (χ1) is 7.36. The number of hydrogen-bond acceptors (Lipinski definition) is 3. The number of hydrogen-bond donors (Lipinski definition) is 1. The maximum Gasteiger partial charge on any atom is 0.127 e. The third-order valence-corrected chi connectivity index (χ3v) is 3.83. The second kappa shape index (κ2) is 3.38. The monoisotopic (exact) mass is 219 g/mol. The van der Waals surface area contributed by atoms with Crippen LogP contribution in [-0.2, 0) is 0 Å². The van der Waals surface area contributed by atoms with E-state index in [1.807, 2.05) is 17.5 Å². The van der Waals surface area contributed by atoms with Crippen LogP contribution in [0.25, 0.3) is 0 Å². The van der Waals surface area contributed by atoms with E-state index in [2.05, 4.69) is 39.5 Å². The number of rotatable bonds is 1. The average Bonchev–Trinajstić information content (AvgIpc) is 2.88. The lowest BCUT2D eigenvalue weighted by molar-refractivity contribution is 0.488. The van der Waals surface area contributed by atoms with Crippen molar-refractivity contribution >= 4 is 17.2 Å². The van der Waals surface area contributed by atoms with E-state index < -0.39 is 0 Å². The summed E-state index contributed by atoms with van der Waals surface area (Å²) in [6.45, 7) is 3.14. The molecular weight excluding hydrogens is 206 g/mol. The van der Waals surface area contributed by atoms with Gasteiger partial charge in [0.15, 0.2) is 0 Å². The summed E-state index contributed by atoms with van der Waals surface area (Å²) in [5, 5.41) is 9.99. The standard InChI is InChI=1S/C11H13N3S/c1-8-7-13-14-9(4-5-12-11(8)14)10-3-2-6-15-10/h2-3,6-7,9,12H,4-5H2,1H3. The summed E-state index contributed by atoms with van der Waals surface area (Å²) in [5.74, 6) is 1.18. The van der Waals surface area contributed by atoms with Crippen LogP contribution in [0.15, 0.2) is 23.7 Å². The van der Waals surface area contributed by atoms with Crippen LogP contribution in [0.3, 0.4) is 0 Å². The van der Waals surface area contributed by atoms with Gasteiger partial charge in [0.25, 0.3) is 0 Å². The zero-order valence-corrected chi connectivity index (χ0v) is 9.42. The van der Waals surface area contributed by atoms with Crippen LogP contribution in [0.4, 0.5) is 5.82 Å². The molecule has 78 valence electrons. The van der Waals surface area contributed by atoms with Crippen LogP contribution in [-0.4, -0.2) is 16.3 Å². The Labute approximate surface area is 92.7 Å². The summed E-state index contributed by atoms with van der Waals surface area (Å²) in [5.41, 5.74) is 1.23. The molecule has 0 saturated heterocycles. The fraction of sp³-hybridized carbons (Fsp3) is 0.364. The van der Waals surface area contributed by atoms with Crippen LogP contribution in [0.5, 0.6) is 0 Å². The van der Waals surface area contributed by atoms with Gasteiger partial charge in [0.05, 0.1) is 12.2 Å². The molecule has 0 aromatic carbocycles. The van der Waals surface area contributed by atoms with E-state index in [0.717, 1.165) is 13.0 Å². The van der Waals surface area contributed by atoms with Gasteiger partial charge in [0.1, 0.15) is 5.82 Å². The molecule has 0 fully saturated rings. The highest BCUT2D eigenvalue weighted by Gasteiger charge is 2.23. The van der Waals surface area contributed by atoms with E-state index in [0.29, 0.717) is 6.04 Å². The predicted molar refractivity (Wildman–Crippen MR) is 62.5 cm³/mol. The molecule has 1 aliphatic heterocycles. The maximum absolute atomic E-state index is 4.45. The van der Waals surface area contributed by atoms with Gasteiger partial charge < -0.3 is 5.32 Å². The van der Waals surface area contributed by atoms with Crippen LogP contribution < -0.4 is 5.32 Å². The minimum atomic E-state index is 0.426. The van der Waals surface area contributed by atoms with Gasteiger partial charge in [0.2, 0.25) is 0 Å². The van der Waals surface area contributed by atoms with Crippen LogP contribution >= 0.6 is 11.3 Å². The summed E-state index contributed by atoms with van der Waals surface area (Å²) in [6.07, 6.45) is 3.06. The lowest BCUT2D eigenvalue weighted by Gasteiger charge is -2.25. The van der Waals surface area contributed by atoms with Crippen molar-refractivity contribution in [2.45, 2.75) is 19.4 Å². The van der Waals surface area contributed by atoms with Crippen molar-refractivity contribution in [1.29, 1.82) is 0 Å². The Morgan fingerprint density at radius 1 is 1.60 bits per heavy atom. The molecular formula is C11H13N3S. The lowest BCUT2D eigenvalue weighted by atomic mass is 10.1. The number of aromatic nitrogens is 2. The van der Waals surface area contributed by atoms with Gasteiger partial charge in [-0.2, -0.15) is 5.10 Å². The highest BCUT2D eigenvalue weighted by atomic mass is 32.1. The van der Waals surface area contributed by atoms with E-state index in [1.165, 1.54) is 16.3 Å². The smallest absolute Gasteiger partial charge is 0.127 e. The third-order valence-electron chi connectivity index (χ3n) is 2.86. The molecule has 2 aromatic rings. The Bertz CT molecular complexity index is 458. The molecule has 0 bridgehead atoms. The van der Waals surface area contributed by atoms with Crippen LogP contribution in [0.1, 0.15) is 22.9 Å². The molecule has 3 rings (SSSR count). The molecule has 1 aliphatic rings. The number of nitrogens with zero attached hydrogens (tertiary/aromatic N) is 2. The van der Waals surface area contributed by atoms with E-state index in [1.54, 1.807) is 0 Å². The van der Waals surface area contributed by atoms with Crippen LogP contribution in [0, 0.1) is 6.92 Å². The zero-order chi connectivity index (χ0) is 10.3. The number of thiophene rings is 1. The Morgan fingerprint density at radius 2 is 2.53 bits per heavy atom. The van der Waals surface area contributed by atoms with Gasteiger partial charge in [-0.25, -0.2) is 4.68 Å². The molecule has 3 heterocycles. The van der Waals surface area contributed by atoms with Gasteiger partial charge in [-0.05, 0) is 24.8 Å². The third kappa shape index (κ3) is 1.36. The van der Waals surface area contributed by atoms with E-state index in [4.69, 9.17) is 0 Å². The maximum atomic E-state index is 4.45. The molecule has 0 saturated carbocycles. The highest BCUT2D eigenvalue weighted by molar-refractivity contribution is 7.10. The summed E-state index contributed by atoms with van der Waals surface area (Å²) >= 11 is 1.81. The largest absolute Gasteiger partial charge is 0.370 e. The molecule has 0 aliphatic carbocycles. The number of anilines is 1. The average molecular weight is 219 g/mol. The predicted octanol–water partition coefficient (Wildman–Crippen LogP) is 2.66. The SMILES string of the molecule is Cc1cnn2c1NCCC2c1cccs1. The summed E-state index contributed by atoms with van der Waals surface area (Å²) < 4.78 is 2.12. The second-order valence-corrected chi connectivity index (χ2v) is 4.85. The van der Waals surface area contributed by atoms with Gasteiger partial charge in [-0.15, -0.1) is 11.3 Å². The lowest BCUT2D eigenvalue weighted by Crippen LogP contribution is -2.23. The molecule has 4 heteroatoms. The van der Waals surface area contributed by atoms with Crippen molar-refractivity contribution in [2.75, 3.05) is 11.9 Å². The van der Waals surface area contributed by atoms with Crippen molar-refractivity contribution in [1.82, 2.24) is 9.78 Å². The summed E-state index contributed by atoms with van der Waals surface area (Å²) in [7, 11) is 0. The van der Waals surface area contributed by atoms with Crippen LogP contribution in [0.2, 0.25) is 0 Å². The Balaban J connectivity index is 2.07. The summed E-state index contributed by atoms with van der Waals surface area (Å²) in [6, 6.07) is 4.73. The number of fused-ring (bicyclic) bond motifs is 1. The normalized spacial score (nSPS) is 19.7. The molecule has 3 nitrogen and oxygen atoms in total. The van der Waals surface area contributed by atoms with Crippen molar-refractivity contribution < 1.29 is 0 Å². The zero-order valence-electron chi connectivity index (χ0n) is 8.60. The fourth-order valence-electron chi connectivity index (χ4n) is 2.10. The topological polar surface area (TPSA) is 29.9 Å². The highest BCUT2D eigenvalue weighted by Crippen LogP contribution is 2.32. The fourth-order valence-corrected chi connectivity index (χ4v) is 2.94. The number of aryl methyl sites for hydroxylation is 1. The first-order valence-corrected chi connectivity index (χ1v) is 6.05. The van der Waals surface area contributed by atoms with E-state index >= 15 is 0 Å². The second-order valence-electron chi connectivity index (χ2n) is 3.87. The Kier molecular flexibility index (Phi) is 2.02. The van der Waals surface area contributed by atoms with Gasteiger partial charge >= 0.3 is 0 Å². The molecule has 1 N–H and O–H groups in total. The molecule has 0 spiro atoms. The van der Waals surface area contributed by atoms with Gasteiger partial charge in [-0.1, -0.05) is 6.07 Å². The minimum absolute atomic E-state index is 0.426. The first-order valence-electron chi connectivity index (χ1n) is 5.17. The van der Waals surface area contributed by atoms with E-state index in [-0.39, 0.29) is 0 Å². The minimum Gasteiger partial charge on any atom is -0.370 e. The first kappa shape index (κ1) is 8.97. The quantitative estimate of drug-likeness (QED) is 0.799. The van der Waals surface area contributed by atoms with Crippen molar-refractivity contribution in [3.05, 3.63) is 34.2 Å². The Morgan fingerprint density at radius 3 is 3.33 bits per heavy atom. The van der Waals surface area contributed by atoms with E-state index in [9.17, 15) is 0 Å². The van der Waals surface area contributed by atoms with Crippen molar-refractivity contribution in [3.63, 3.8) is 0 Å².